The highest BCUT2D eigenvalue weighted by molar-refractivity contribution is 6.31. The fraction of sp³-hybridized carbons (Fsp3) is 0.576. The molecule has 1 N–H and O–H groups in total. The Morgan fingerprint density at radius 1 is 1.02 bits per heavy atom. The molecule has 42 heavy (non-hydrogen) atoms. The second-order valence-electron chi connectivity index (χ2n) is 12.3. The Hall–Kier alpha value is -2.97. The predicted octanol–water partition coefficient (Wildman–Crippen LogP) is 4.77. The van der Waals surface area contributed by atoms with Gasteiger partial charge in [-0.15, -0.1) is 0 Å². The number of nitrogens with zero attached hydrogens (tertiary/aromatic N) is 4. The van der Waals surface area contributed by atoms with Gasteiger partial charge in [-0.2, -0.15) is 0 Å². The number of fused-ring (bicyclic) bond motifs is 2. The fourth-order valence-electron chi connectivity index (χ4n) is 7.05. The lowest BCUT2D eigenvalue weighted by Gasteiger charge is -2.40. The van der Waals surface area contributed by atoms with Gasteiger partial charge in [-0.1, -0.05) is 17.7 Å². The molecule has 2 bridgehead atoms. The van der Waals surface area contributed by atoms with Gasteiger partial charge in [0.1, 0.15) is 0 Å². The Morgan fingerprint density at radius 3 is 2.36 bits per heavy atom. The number of amides is 3. The zero-order valence-electron chi connectivity index (χ0n) is 24.9. The smallest absolute Gasteiger partial charge is 0.230 e. The molecule has 3 saturated heterocycles. The molecule has 0 radical (unpaired) electrons. The van der Waals surface area contributed by atoms with E-state index in [1.54, 1.807) is 19.3 Å². The summed E-state index contributed by atoms with van der Waals surface area (Å²) < 4.78 is 0. The van der Waals surface area contributed by atoms with Gasteiger partial charge >= 0.3 is 0 Å². The molecule has 2 atom stereocenters. The molecule has 5 rings (SSSR count). The molecule has 1 aromatic heterocycles. The first-order chi connectivity index (χ1) is 20.3. The molecular formula is C33H44ClN5O3. The number of hydrogen-bond donors (Lipinski definition) is 1. The summed E-state index contributed by atoms with van der Waals surface area (Å²) in [6.07, 6.45) is 11.3. The Balaban J connectivity index is 1.15. The molecule has 0 saturated carbocycles. The molecule has 2 aromatic rings. The first-order valence-electron chi connectivity index (χ1n) is 15.6. The second kappa shape index (κ2) is 14.0. The molecule has 226 valence electrons. The van der Waals surface area contributed by atoms with Crippen molar-refractivity contribution < 1.29 is 14.4 Å². The van der Waals surface area contributed by atoms with Gasteiger partial charge in [0.05, 0.1) is 0 Å². The summed E-state index contributed by atoms with van der Waals surface area (Å²) in [6, 6.07) is 11.0. The van der Waals surface area contributed by atoms with Gasteiger partial charge in [0.2, 0.25) is 17.7 Å². The minimum Gasteiger partial charge on any atom is -0.353 e. The van der Waals surface area contributed by atoms with E-state index in [0.717, 1.165) is 49.0 Å². The third kappa shape index (κ3) is 7.51. The molecule has 4 heterocycles. The average molecular weight is 594 g/mol. The van der Waals surface area contributed by atoms with Gasteiger partial charge in [0, 0.05) is 86.7 Å². The predicted molar refractivity (Wildman–Crippen MR) is 165 cm³/mol. The van der Waals surface area contributed by atoms with Crippen molar-refractivity contribution in [2.24, 2.45) is 5.92 Å². The number of benzene rings is 1. The number of likely N-dealkylation sites (tertiary alicyclic amines) is 1. The van der Waals surface area contributed by atoms with Crippen LogP contribution in [0.5, 0.6) is 0 Å². The number of piperidine rings is 2. The molecule has 8 nitrogen and oxygen atoms in total. The Labute approximate surface area is 254 Å². The van der Waals surface area contributed by atoms with E-state index in [2.05, 4.69) is 15.2 Å². The topological polar surface area (TPSA) is 85.9 Å². The minimum absolute atomic E-state index is 0.0750. The van der Waals surface area contributed by atoms with Gasteiger partial charge in [-0.05, 0) is 93.7 Å². The average Bonchev–Trinajstić information content (AvgIpc) is 3.23. The van der Waals surface area contributed by atoms with E-state index >= 15 is 0 Å². The molecule has 3 aliphatic heterocycles. The molecule has 3 aliphatic rings. The SMILES string of the molecule is CC(=O)N1CCC(C(=O)N(CCCN2C3CCC2CC(NC(=O)CCc2ccncc2)C3)c2ccc(C)c(Cl)c2)CC1. The molecule has 3 fully saturated rings. The maximum Gasteiger partial charge on any atom is 0.230 e. The molecule has 3 amide bonds. The number of rotatable bonds is 10. The molecule has 1 aromatic carbocycles. The summed E-state index contributed by atoms with van der Waals surface area (Å²) in [5, 5.41) is 3.97. The number of carbonyl (C=O) groups excluding carboxylic acids is 3. The molecule has 9 heteroatoms. The van der Waals surface area contributed by atoms with Crippen LogP contribution in [0, 0.1) is 12.8 Å². The monoisotopic (exact) mass is 593 g/mol. The van der Waals surface area contributed by atoms with Crippen LogP contribution >= 0.6 is 11.6 Å². The van der Waals surface area contributed by atoms with Crippen molar-refractivity contribution in [1.82, 2.24) is 20.1 Å². The third-order valence-corrected chi connectivity index (χ3v) is 9.87. The van der Waals surface area contributed by atoms with Crippen LogP contribution in [0.25, 0.3) is 0 Å². The van der Waals surface area contributed by atoms with Crippen molar-refractivity contribution in [2.45, 2.75) is 89.8 Å². The van der Waals surface area contributed by atoms with Gasteiger partial charge in [0.25, 0.3) is 0 Å². The van der Waals surface area contributed by atoms with E-state index in [-0.39, 0.29) is 29.7 Å². The van der Waals surface area contributed by atoms with Crippen LogP contribution in [0.1, 0.15) is 69.4 Å². The van der Waals surface area contributed by atoms with Crippen molar-refractivity contribution in [3.8, 4) is 0 Å². The van der Waals surface area contributed by atoms with Crippen molar-refractivity contribution in [3.63, 3.8) is 0 Å². The summed E-state index contributed by atoms with van der Waals surface area (Å²) in [6.45, 7) is 6.40. The third-order valence-electron chi connectivity index (χ3n) is 9.46. The lowest BCUT2D eigenvalue weighted by molar-refractivity contribution is -0.133. The quantitative estimate of drug-likeness (QED) is 0.429. The van der Waals surface area contributed by atoms with E-state index in [1.807, 2.05) is 47.1 Å². The maximum absolute atomic E-state index is 13.8. The van der Waals surface area contributed by atoms with E-state index in [0.29, 0.717) is 56.0 Å². The van der Waals surface area contributed by atoms with Gasteiger partial charge < -0.3 is 15.1 Å². The zero-order chi connectivity index (χ0) is 29.6. The van der Waals surface area contributed by atoms with Gasteiger partial charge in [-0.25, -0.2) is 0 Å². The molecule has 2 unspecified atom stereocenters. The molecule has 0 spiro atoms. The Bertz CT molecular complexity index is 1240. The van der Waals surface area contributed by atoms with E-state index in [1.165, 1.54) is 12.8 Å². The van der Waals surface area contributed by atoms with Gasteiger partial charge in [0.15, 0.2) is 0 Å². The number of carbonyl (C=O) groups is 3. The number of aromatic nitrogens is 1. The number of pyridine rings is 1. The van der Waals surface area contributed by atoms with Gasteiger partial charge in [-0.3, -0.25) is 24.3 Å². The van der Waals surface area contributed by atoms with Crippen molar-refractivity contribution in [1.29, 1.82) is 0 Å². The van der Waals surface area contributed by atoms with Crippen LogP contribution in [0.4, 0.5) is 5.69 Å². The number of anilines is 1. The van der Waals surface area contributed by atoms with Crippen LogP contribution in [0.2, 0.25) is 5.02 Å². The highest BCUT2D eigenvalue weighted by Gasteiger charge is 2.41. The molecular weight excluding hydrogens is 550 g/mol. The lowest BCUT2D eigenvalue weighted by atomic mass is 9.94. The summed E-state index contributed by atoms with van der Waals surface area (Å²) in [7, 11) is 0. The zero-order valence-corrected chi connectivity index (χ0v) is 25.7. The first-order valence-corrected chi connectivity index (χ1v) is 15.9. The van der Waals surface area contributed by atoms with Crippen LogP contribution < -0.4 is 10.2 Å². The number of aryl methyl sites for hydroxylation is 2. The maximum atomic E-state index is 13.8. The summed E-state index contributed by atoms with van der Waals surface area (Å²) >= 11 is 6.48. The summed E-state index contributed by atoms with van der Waals surface area (Å²) in [5.74, 6) is 0.250. The van der Waals surface area contributed by atoms with E-state index < -0.39 is 0 Å². The second-order valence-corrected chi connectivity index (χ2v) is 12.7. The Morgan fingerprint density at radius 2 is 1.71 bits per heavy atom. The fourth-order valence-corrected chi connectivity index (χ4v) is 7.23. The Kier molecular flexibility index (Phi) is 10.2. The van der Waals surface area contributed by atoms with Crippen molar-refractivity contribution in [2.75, 3.05) is 31.1 Å². The molecule has 0 aliphatic carbocycles. The highest BCUT2D eigenvalue weighted by atomic mass is 35.5. The standard InChI is InChI=1S/C33H44ClN5O3/c1-23-4-6-30(22-31(23)34)39(33(42)26-12-18-37(19-13-26)24(2)40)17-3-16-38-28-7-8-29(38)21-27(20-28)36-32(41)9-5-25-10-14-35-15-11-25/h4,6,10-11,14-15,22,26-29H,3,5,7-9,12-13,16-21H2,1-2H3,(H,36,41). The summed E-state index contributed by atoms with van der Waals surface area (Å²) in [5.41, 5.74) is 2.98. The normalized spacial score (nSPS) is 22.6. The summed E-state index contributed by atoms with van der Waals surface area (Å²) in [4.78, 5) is 48.7. The highest BCUT2D eigenvalue weighted by Crippen LogP contribution is 2.36. The number of nitrogens with one attached hydrogen (secondary N) is 1. The largest absolute Gasteiger partial charge is 0.353 e. The minimum atomic E-state index is -0.0882. The number of halogens is 1. The first kappa shape index (κ1) is 30.5. The van der Waals surface area contributed by atoms with Crippen molar-refractivity contribution >= 4 is 35.0 Å². The lowest BCUT2D eigenvalue weighted by Crippen LogP contribution is -2.51. The van der Waals surface area contributed by atoms with Crippen LogP contribution in [-0.4, -0.2) is 76.8 Å². The van der Waals surface area contributed by atoms with E-state index in [9.17, 15) is 14.4 Å². The number of hydrogen-bond acceptors (Lipinski definition) is 5. The van der Waals surface area contributed by atoms with Crippen LogP contribution in [-0.2, 0) is 20.8 Å². The van der Waals surface area contributed by atoms with Crippen LogP contribution in [0.3, 0.4) is 0 Å². The van der Waals surface area contributed by atoms with Crippen molar-refractivity contribution in [3.05, 3.63) is 58.9 Å². The van der Waals surface area contributed by atoms with E-state index in [4.69, 9.17) is 11.6 Å². The van der Waals surface area contributed by atoms with Crippen LogP contribution in [0.15, 0.2) is 42.7 Å².